The third-order valence-electron chi connectivity index (χ3n) is 4.23. The molecular formula is C19H26BrN5O2. The Balaban J connectivity index is 1.56. The second-order valence-corrected chi connectivity index (χ2v) is 7.21. The van der Waals surface area contributed by atoms with Crippen LogP contribution in [-0.2, 0) is 11.8 Å². The molecule has 1 unspecified atom stereocenters. The molecule has 1 aromatic carbocycles. The number of aliphatic imine (C=N–C) groups is 1. The summed E-state index contributed by atoms with van der Waals surface area (Å²) in [6.45, 7) is 6.26. The number of nitrogens with one attached hydrogen (secondary N) is 1. The lowest BCUT2D eigenvalue weighted by atomic mass is 10.1. The number of benzene rings is 1. The molecule has 1 aromatic heterocycles. The van der Waals surface area contributed by atoms with E-state index in [1.165, 1.54) is 0 Å². The lowest BCUT2D eigenvalue weighted by Gasteiger charge is -2.34. The third kappa shape index (κ3) is 5.71. The minimum Gasteiger partial charge on any atom is -0.492 e. The minimum atomic E-state index is 0.00956. The quantitative estimate of drug-likeness (QED) is 0.429. The fraction of sp³-hybridized carbons (Fsp3) is 0.474. The van der Waals surface area contributed by atoms with Crippen molar-refractivity contribution in [2.24, 2.45) is 12.0 Å². The zero-order valence-corrected chi connectivity index (χ0v) is 17.4. The molecule has 0 bridgehead atoms. The Kier molecular flexibility index (Phi) is 7.11. The molecule has 2 aromatic rings. The Morgan fingerprint density at radius 1 is 1.41 bits per heavy atom. The molecule has 0 spiro atoms. The number of rotatable bonds is 6. The van der Waals surface area contributed by atoms with Crippen molar-refractivity contribution in [3.63, 3.8) is 0 Å². The largest absolute Gasteiger partial charge is 0.492 e. The van der Waals surface area contributed by atoms with Gasteiger partial charge in [0.25, 0.3) is 0 Å². The van der Waals surface area contributed by atoms with Crippen LogP contribution >= 0.6 is 15.9 Å². The first-order chi connectivity index (χ1) is 13.2. The van der Waals surface area contributed by atoms with E-state index in [0.717, 1.165) is 41.4 Å². The van der Waals surface area contributed by atoms with Gasteiger partial charge in [0, 0.05) is 36.4 Å². The van der Waals surface area contributed by atoms with Crippen LogP contribution in [0, 0.1) is 0 Å². The van der Waals surface area contributed by atoms with E-state index >= 15 is 0 Å². The Hall–Kier alpha value is -2.06. The van der Waals surface area contributed by atoms with E-state index in [2.05, 4.69) is 38.2 Å². The first-order valence-electron chi connectivity index (χ1n) is 9.17. The van der Waals surface area contributed by atoms with E-state index in [4.69, 9.17) is 14.5 Å². The molecule has 1 atom stereocenters. The predicted octanol–water partition coefficient (Wildman–Crippen LogP) is 2.60. The van der Waals surface area contributed by atoms with E-state index in [0.29, 0.717) is 19.8 Å². The molecule has 0 saturated carbocycles. The van der Waals surface area contributed by atoms with Gasteiger partial charge in [0.2, 0.25) is 0 Å². The van der Waals surface area contributed by atoms with Crippen LogP contribution in [0.4, 0.5) is 0 Å². The monoisotopic (exact) mass is 435 g/mol. The van der Waals surface area contributed by atoms with Gasteiger partial charge in [-0.2, -0.15) is 5.10 Å². The Morgan fingerprint density at radius 3 is 2.93 bits per heavy atom. The van der Waals surface area contributed by atoms with E-state index < -0.39 is 0 Å². The molecule has 0 aliphatic carbocycles. The molecule has 27 heavy (non-hydrogen) atoms. The van der Waals surface area contributed by atoms with Gasteiger partial charge in [-0.1, -0.05) is 15.9 Å². The molecule has 7 nitrogen and oxygen atoms in total. The topological polar surface area (TPSA) is 63.9 Å². The summed E-state index contributed by atoms with van der Waals surface area (Å²) in [4.78, 5) is 6.96. The number of guanidine groups is 1. The Bertz CT molecular complexity index is 747. The van der Waals surface area contributed by atoms with Crippen LogP contribution in [0.3, 0.4) is 0 Å². The van der Waals surface area contributed by atoms with E-state index in [9.17, 15) is 0 Å². The van der Waals surface area contributed by atoms with Crippen molar-refractivity contribution in [3.8, 4) is 5.75 Å². The van der Waals surface area contributed by atoms with Gasteiger partial charge < -0.3 is 19.7 Å². The summed E-state index contributed by atoms with van der Waals surface area (Å²) in [7, 11) is 1.92. The molecule has 1 aliphatic rings. The maximum Gasteiger partial charge on any atom is 0.194 e. The van der Waals surface area contributed by atoms with Crippen molar-refractivity contribution >= 4 is 21.9 Å². The zero-order valence-electron chi connectivity index (χ0n) is 15.8. The van der Waals surface area contributed by atoms with Gasteiger partial charge >= 0.3 is 0 Å². The van der Waals surface area contributed by atoms with Gasteiger partial charge in [-0.15, -0.1) is 0 Å². The number of aromatic nitrogens is 2. The normalized spacial score (nSPS) is 17.8. The lowest BCUT2D eigenvalue weighted by molar-refractivity contribution is -0.00805. The summed E-state index contributed by atoms with van der Waals surface area (Å²) < 4.78 is 14.5. The number of morpholine rings is 1. The van der Waals surface area contributed by atoms with Crippen molar-refractivity contribution in [2.45, 2.75) is 13.0 Å². The van der Waals surface area contributed by atoms with Crippen LogP contribution in [0.2, 0.25) is 0 Å². The smallest absolute Gasteiger partial charge is 0.194 e. The molecule has 1 saturated heterocycles. The highest BCUT2D eigenvalue weighted by atomic mass is 79.9. The van der Waals surface area contributed by atoms with E-state index in [-0.39, 0.29) is 6.10 Å². The lowest BCUT2D eigenvalue weighted by Crippen LogP contribution is -2.48. The summed E-state index contributed by atoms with van der Waals surface area (Å²) >= 11 is 3.42. The fourth-order valence-electron chi connectivity index (χ4n) is 2.92. The van der Waals surface area contributed by atoms with Gasteiger partial charge in [0.05, 0.1) is 25.9 Å². The van der Waals surface area contributed by atoms with Crippen molar-refractivity contribution in [1.82, 2.24) is 20.0 Å². The predicted molar refractivity (Wildman–Crippen MR) is 109 cm³/mol. The highest BCUT2D eigenvalue weighted by molar-refractivity contribution is 9.10. The molecule has 0 radical (unpaired) electrons. The van der Waals surface area contributed by atoms with Crippen LogP contribution in [0.25, 0.3) is 0 Å². The fourth-order valence-corrected chi connectivity index (χ4v) is 3.19. The molecule has 0 amide bonds. The van der Waals surface area contributed by atoms with Gasteiger partial charge in [-0.05, 0) is 31.2 Å². The average molecular weight is 436 g/mol. The minimum absolute atomic E-state index is 0.00956. The highest BCUT2D eigenvalue weighted by Gasteiger charge is 2.25. The zero-order chi connectivity index (χ0) is 19.1. The van der Waals surface area contributed by atoms with E-state index in [1.807, 2.05) is 43.7 Å². The third-order valence-corrected chi connectivity index (χ3v) is 4.76. The second-order valence-electron chi connectivity index (χ2n) is 6.29. The first-order valence-corrected chi connectivity index (χ1v) is 9.96. The SMILES string of the molecule is CCNC(=NCCOc1ccc(Br)cc1)N1CCOC(c2cnn(C)c2)C1. The van der Waals surface area contributed by atoms with Crippen molar-refractivity contribution in [1.29, 1.82) is 0 Å². The van der Waals surface area contributed by atoms with Gasteiger partial charge in [-0.3, -0.25) is 4.68 Å². The maximum atomic E-state index is 5.92. The summed E-state index contributed by atoms with van der Waals surface area (Å²) in [5.74, 6) is 1.75. The van der Waals surface area contributed by atoms with Crippen LogP contribution < -0.4 is 10.1 Å². The Labute approximate surface area is 168 Å². The summed E-state index contributed by atoms with van der Waals surface area (Å²) in [5.41, 5.74) is 1.09. The number of hydrogen-bond donors (Lipinski definition) is 1. The molecule has 1 aliphatic heterocycles. The summed E-state index contributed by atoms with van der Waals surface area (Å²) in [5, 5.41) is 7.62. The number of hydrogen-bond acceptors (Lipinski definition) is 4. The average Bonchev–Trinajstić information content (AvgIpc) is 3.12. The molecular weight excluding hydrogens is 410 g/mol. The summed E-state index contributed by atoms with van der Waals surface area (Å²) in [6, 6.07) is 7.82. The molecule has 146 valence electrons. The van der Waals surface area contributed by atoms with Crippen LogP contribution in [-0.4, -0.2) is 60.0 Å². The van der Waals surface area contributed by atoms with Gasteiger partial charge in [0.15, 0.2) is 5.96 Å². The number of aryl methyl sites for hydroxylation is 1. The van der Waals surface area contributed by atoms with Gasteiger partial charge in [-0.25, -0.2) is 4.99 Å². The molecule has 8 heteroatoms. The van der Waals surface area contributed by atoms with Crippen LogP contribution in [0.1, 0.15) is 18.6 Å². The van der Waals surface area contributed by atoms with Crippen LogP contribution in [0.5, 0.6) is 5.75 Å². The Morgan fingerprint density at radius 2 is 2.22 bits per heavy atom. The van der Waals surface area contributed by atoms with Gasteiger partial charge in [0.1, 0.15) is 18.5 Å². The van der Waals surface area contributed by atoms with Crippen molar-refractivity contribution in [2.75, 3.05) is 39.4 Å². The van der Waals surface area contributed by atoms with Crippen LogP contribution in [0.15, 0.2) is 46.1 Å². The second kappa shape index (κ2) is 9.75. The highest BCUT2D eigenvalue weighted by Crippen LogP contribution is 2.21. The molecule has 1 fully saturated rings. The molecule has 3 rings (SSSR count). The molecule has 2 heterocycles. The number of nitrogens with zero attached hydrogens (tertiary/aromatic N) is 4. The maximum absolute atomic E-state index is 5.92. The van der Waals surface area contributed by atoms with Crippen molar-refractivity contribution in [3.05, 3.63) is 46.7 Å². The number of ether oxygens (including phenoxy) is 2. The number of halogens is 1. The first kappa shape index (κ1) is 19.7. The van der Waals surface area contributed by atoms with E-state index in [1.54, 1.807) is 4.68 Å². The standard InChI is InChI=1S/C19H26BrN5O2/c1-3-21-19(22-8-10-26-17-6-4-16(20)5-7-17)25-9-11-27-18(14-25)15-12-23-24(2)13-15/h4-7,12-13,18H,3,8-11,14H2,1-2H3,(H,21,22). The van der Waals surface area contributed by atoms with Crippen molar-refractivity contribution < 1.29 is 9.47 Å². The summed E-state index contributed by atoms with van der Waals surface area (Å²) in [6.07, 6.45) is 3.88. The molecule has 1 N–H and O–H groups in total.